The number of nitrogens with one attached hydrogen (secondary N) is 1. The smallest absolute Gasteiger partial charge is 0.319 e. The van der Waals surface area contributed by atoms with Crippen LogP contribution in [0.15, 0.2) is 9.59 Å². The van der Waals surface area contributed by atoms with Gasteiger partial charge in [-0.2, -0.15) is 4.98 Å². The van der Waals surface area contributed by atoms with Crippen molar-refractivity contribution in [1.82, 2.24) is 14.5 Å². The van der Waals surface area contributed by atoms with E-state index < -0.39 is 17.8 Å². The van der Waals surface area contributed by atoms with Gasteiger partial charge in [0.15, 0.2) is 5.65 Å². The quantitative estimate of drug-likeness (QED) is 0.636. The monoisotopic (exact) mass is 385 g/mol. The van der Waals surface area contributed by atoms with Gasteiger partial charge < -0.3 is 20.9 Å². The van der Waals surface area contributed by atoms with Crippen molar-refractivity contribution in [2.24, 2.45) is 5.73 Å². The summed E-state index contributed by atoms with van der Waals surface area (Å²) in [6.45, 7) is 4.12. The summed E-state index contributed by atoms with van der Waals surface area (Å²) in [5.41, 5.74) is 10.4. The Morgan fingerprint density at radius 3 is 2.77 bits per heavy atom. The van der Waals surface area contributed by atoms with Crippen LogP contribution in [-0.2, 0) is 14.3 Å². The number of esters is 1. The molecule has 1 aliphatic heterocycles. The van der Waals surface area contributed by atoms with Crippen molar-refractivity contribution in [1.29, 1.82) is 0 Å². The Kier molecular flexibility index (Phi) is 6.89. The fraction of sp³-hybridized carbons (Fsp3) is 0.600. The zero-order chi connectivity index (χ0) is 19.3. The second kappa shape index (κ2) is 8.92. The number of hydrogen-bond donors (Lipinski definition) is 3. The predicted molar refractivity (Wildman–Crippen MR) is 98.0 cm³/mol. The van der Waals surface area contributed by atoms with Gasteiger partial charge in [-0.15, -0.1) is 0 Å². The van der Waals surface area contributed by atoms with Crippen LogP contribution in [0, 0.1) is 0 Å². The molecule has 2 aromatic rings. The first kappa shape index (κ1) is 20.1. The minimum atomic E-state index is -0.577. The van der Waals surface area contributed by atoms with E-state index in [-0.39, 0.29) is 40.4 Å². The van der Waals surface area contributed by atoms with Gasteiger partial charge >= 0.3 is 10.8 Å². The number of carbonyl (C=O) groups excluding carboxylic acids is 1. The highest BCUT2D eigenvalue weighted by Gasteiger charge is 2.30. The molecule has 26 heavy (non-hydrogen) atoms. The maximum atomic E-state index is 12.2. The molecule has 0 saturated carbocycles. The van der Waals surface area contributed by atoms with Gasteiger partial charge in [-0.1, -0.05) is 31.6 Å². The Morgan fingerprint density at radius 1 is 1.42 bits per heavy atom. The van der Waals surface area contributed by atoms with Crippen LogP contribution < -0.4 is 21.9 Å². The number of nitrogen functional groups attached to an aromatic ring is 1. The third-order valence-electron chi connectivity index (χ3n) is 3.46. The summed E-state index contributed by atoms with van der Waals surface area (Å²) in [5, 5.41) is 0. The van der Waals surface area contributed by atoms with Crippen LogP contribution in [0.2, 0.25) is 0 Å². The highest BCUT2D eigenvalue weighted by atomic mass is 32.1. The first-order chi connectivity index (χ1) is 12.4. The summed E-state index contributed by atoms with van der Waals surface area (Å²) in [6, 6.07) is 0. The van der Waals surface area contributed by atoms with E-state index in [2.05, 4.69) is 23.8 Å². The number of nitrogens with two attached hydrogens (primary N) is 2. The molecule has 2 unspecified atom stereocenters. The number of H-pyrrole nitrogens is 1. The summed E-state index contributed by atoms with van der Waals surface area (Å²) in [4.78, 5) is 41.1. The number of fused-ring (bicyclic) bond motifs is 1. The Labute approximate surface area is 153 Å². The van der Waals surface area contributed by atoms with Crippen molar-refractivity contribution >= 4 is 33.6 Å². The third-order valence-corrected chi connectivity index (χ3v) is 4.40. The summed E-state index contributed by atoms with van der Waals surface area (Å²) in [6.07, 6.45) is 1.47. The summed E-state index contributed by atoms with van der Waals surface area (Å²) in [5.74, 6) is -0.586. The van der Waals surface area contributed by atoms with Crippen LogP contribution in [0.3, 0.4) is 0 Å². The zero-order valence-electron chi connectivity index (χ0n) is 14.7. The van der Waals surface area contributed by atoms with Crippen LogP contribution >= 0.6 is 11.3 Å². The fourth-order valence-electron chi connectivity index (χ4n) is 2.44. The van der Waals surface area contributed by atoms with E-state index in [1.165, 1.54) is 11.0 Å². The first-order valence-electron chi connectivity index (χ1n) is 8.33. The molecule has 0 aliphatic carbocycles. The second-order valence-electron chi connectivity index (χ2n) is 5.73. The van der Waals surface area contributed by atoms with Crippen molar-refractivity contribution in [2.75, 3.05) is 18.9 Å². The number of nitrogens with zero attached hydrogens (tertiary/aromatic N) is 2. The molecule has 10 nitrogen and oxygen atoms in total. The van der Waals surface area contributed by atoms with Crippen molar-refractivity contribution in [3.8, 4) is 0 Å². The lowest BCUT2D eigenvalue weighted by atomic mass is 10.2. The molecule has 2 aromatic heterocycles. The van der Waals surface area contributed by atoms with Crippen molar-refractivity contribution < 1.29 is 14.3 Å². The lowest BCUT2D eigenvalue weighted by Crippen LogP contribution is -2.25. The molecule has 0 aromatic carbocycles. The van der Waals surface area contributed by atoms with E-state index in [0.29, 0.717) is 12.8 Å². The maximum Gasteiger partial charge on any atom is 0.319 e. The Bertz CT molecular complexity index is 873. The Morgan fingerprint density at radius 2 is 2.12 bits per heavy atom. The molecule has 0 radical (unpaired) electrons. The zero-order valence-corrected chi connectivity index (χ0v) is 15.5. The number of carbonyl (C=O) groups is 1. The first-order valence-corrected chi connectivity index (χ1v) is 9.14. The van der Waals surface area contributed by atoms with E-state index in [1.807, 2.05) is 0 Å². The molecule has 2 atom stereocenters. The van der Waals surface area contributed by atoms with Gasteiger partial charge in [-0.25, -0.2) is 0 Å². The van der Waals surface area contributed by atoms with Crippen LogP contribution in [0.25, 0.3) is 10.3 Å². The van der Waals surface area contributed by atoms with Gasteiger partial charge in [-0.3, -0.25) is 23.9 Å². The Hall–Kier alpha value is -2.24. The van der Waals surface area contributed by atoms with E-state index in [0.717, 1.165) is 11.3 Å². The molecule has 3 heterocycles. The van der Waals surface area contributed by atoms with Gasteiger partial charge in [0.25, 0.3) is 5.56 Å². The number of anilines is 1. The number of hydrogen-bond acceptors (Lipinski definition) is 9. The molecule has 1 aliphatic rings. The van der Waals surface area contributed by atoms with Gasteiger partial charge in [0, 0.05) is 0 Å². The van der Waals surface area contributed by atoms with Crippen molar-refractivity contribution in [2.45, 2.75) is 45.4 Å². The average molecular weight is 385 g/mol. The standard InChI is InChI=1S/C12H15N5O5S.C3H8/c13-3-7(18)21-4-5-1-2-6(22-5)17-9-8(23-12(17)20)10(19)16-11(14)15-9;1-3-2/h5-6H,1-4,13H2,(H3,14,15,16,19);3H2,1-2H3. The molecule has 5 N–H and O–H groups in total. The predicted octanol–water partition coefficient (Wildman–Crippen LogP) is 0.324. The molecular weight excluding hydrogens is 362 g/mol. The SMILES string of the molecule is CCC.NCC(=O)OCC1CCC(n2c(=O)sc3c(=O)[nH]c(N)nc32)O1. The van der Waals surface area contributed by atoms with E-state index >= 15 is 0 Å². The molecule has 0 spiro atoms. The molecule has 0 bridgehead atoms. The molecule has 3 rings (SSSR count). The van der Waals surface area contributed by atoms with E-state index in [9.17, 15) is 14.4 Å². The van der Waals surface area contributed by atoms with Crippen LogP contribution in [0.4, 0.5) is 5.95 Å². The maximum absolute atomic E-state index is 12.2. The normalized spacial score (nSPS) is 19.2. The minimum Gasteiger partial charge on any atom is -0.462 e. The molecule has 0 amide bonds. The van der Waals surface area contributed by atoms with Gasteiger partial charge in [0.05, 0.1) is 12.6 Å². The number of ether oxygens (including phenoxy) is 2. The minimum absolute atomic E-state index is 0.0690. The fourth-order valence-corrected chi connectivity index (χ4v) is 3.30. The summed E-state index contributed by atoms with van der Waals surface area (Å²) in [7, 11) is 0. The van der Waals surface area contributed by atoms with Crippen LogP contribution in [0.5, 0.6) is 0 Å². The topological polar surface area (TPSA) is 155 Å². The third kappa shape index (κ3) is 4.48. The number of aromatic amines is 1. The van der Waals surface area contributed by atoms with Gasteiger partial charge in [0.1, 0.15) is 17.5 Å². The highest BCUT2D eigenvalue weighted by molar-refractivity contribution is 7.16. The van der Waals surface area contributed by atoms with Gasteiger partial charge in [-0.05, 0) is 12.8 Å². The van der Waals surface area contributed by atoms with E-state index in [1.54, 1.807) is 0 Å². The molecule has 1 saturated heterocycles. The summed E-state index contributed by atoms with van der Waals surface area (Å²) < 4.78 is 12.2. The molecule has 1 fully saturated rings. The summed E-state index contributed by atoms with van der Waals surface area (Å²) >= 11 is 0.788. The highest BCUT2D eigenvalue weighted by Crippen LogP contribution is 2.30. The lowest BCUT2D eigenvalue weighted by molar-refractivity contribution is -0.146. The van der Waals surface area contributed by atoms with Crippen molar-refractivity contribution in [3.63, 3.8) is 0 Å². The number of thiazole rings is 1. The van der Waals surface area contributed by atoms with Crippen LogP contribution in [-0.4, -0.2) is 39.8 Å². The van der Waals surface area contributed by atoms with Crippen molar-refractivity contribution in [3.05, 3.63) is 20.0 Å². The second-order valence-corrected chi connectivity index (χ2v) is 6.69. The largest absolute Gasteiger partial charge is 0.462 e. The van der Waals surface area contributed by atoms with E-state index in [4.69, 9.17) is 20.9 Å². The molecule has 144 valence electrons. The number of rotatable bonds is 4. The lowest BCUT2D eigenvalue weighted by Gasteiger charge is -2.14. The molecular formula is C15H23N5O5S. The average Bonchev–Trinajstić information content (AvgIpc) is 3.17. The number of aromatic nitrogens is 3. The Balaban J connectivity index is 0.000000758. The van der Waals surface area contributed by atoms with Crippen LogP contribution in [0.1, 0.15) is 39.3 Å². The van der Waals surface area contributed by atoms with Gasteiger partial charge in [0.2, 0.25) is 5.95 Å². The molecule has 11 heteroatoms.